The van der Waals surface area contributed by atoms with E-state index in [1.54, 1.807) is 30.5 Å². The summed E-state index contributed by atoms with van der Waals surface area (Å²) in [5.41, 5.74) is 9.25. The highest BCUT2D eigenvalue weighted by atomic mass is 79.9. The van der Waals surface area contributed by atoms with E-state index < -0.39 is 30.1 Å². The standard InChI is InChI=1S/C24H22ClN3O3S.C22H18ClN3O3S.C14H10ClN3O2S.C11H8BrCl.C11H9Cl.C11H10.C2HF3O2/c1-3-31-24(29)22-23(28(27-26-22)14-16-8-11-18(30-2)12-9-16)32-15-17-10-13-21(25)20-7-5-4-6-19(17)20;1-29-16-9-6-14(7-10-16)12-26-21(20(22(27)28)24-25-26)30-13-15-8-11-19(23)18-5-3-2-4-17(15)18;15-11-6-5-8(9-3-1-2-4-10(9)11)7-21-13-12(14(19)20)16-18-17-13;12-7-8-5-6-11(13)10-4-2-1-3-9(8)10;1-8-6-7-11(12)10-5-3-2-4-9(8)10;1-9-5-4-7-10-6-2-3-8-11(9)10;3-2(4,5)1(6)7/h4-13H,3,14-15H2,1-2H3;2-11H,12-13H2,1H3,(H,27,28);1-6H,7H2,(H,19,20)(H,16,17,18);1-6H,7H2;2-7H,1H3;2-8H,1H3;(H,6,7). The Morgan fingerprint density at radius 1 is 0.413 bits per heavy atom. The molecule has 644 valence electrons. The monoisotopic (exact) mass is 1910 g/mol. The van der Waals surface area contributed by atoms with Crippen LogP contribution in [-0.4, -0.2) is 112 Å². The summed E-state index contributed by atoms with van der Waals surface area (Å²) in [6.45, 7) is 7.16. The number of aromatic nitrogens is 9. The molecular formula is C95H78BrCl5F3N9O10S3. The molecule has 0 unspecified atom stereocenters. The van der Waals surface area contributed by atoms with Crippen LogP contribution in [0.1, 0.15) is 82.9 Å². The van der Waals surface area contributed by atoms with Crippen LogP contribution in [0, 0.1) is 13.8 Å². The van der Waals surface area contributed by atoms with E-state index in [0.29, 0.717) is 60.5 Å². The van der Waals surface area contributed by atoms with Gasteiger partial charge in [-0.15, -0.1) is 20.4 Å². The zero-order chi connectivity index (χ0) is 90.0. The summed E-state index contributed by atoms with van der Waals surface area (Å²) in [5, 5.41) is 71.6. The minimum Gasteiger partial charge on any atom is -0.497 e. The van der Waals surface area contributed by atoms with Gasteiger partial charge in [-0.05, 0) is 158 Å². The van der Waals surface area contributed by atoms with Gasteiger partial charge in [-0.2, -0.15) is 18.4 Å². The number of aryl methyl sites for hydroxylation is 2. The number of aliphatic carboxylic acids is 1. The number of carboxylic acid groups (broad SMARTS) is 3. The summed E-state index contributed by atoms with van der Waals surface area (Å²) >= 11 is 38.7. The highest BCUT2D eigenvalue weighted by Crippen LogP contribution is 2.37. The molecule has 126 heavy (non-hydrogen) atoms. The number of carbonyl (C=O) groups is 4. The number of H-pyrrole nitrogens is 1. The maximum atomic E-state index is 12.5. The molecular weight excluding hydrogens is 1840 g/mol. The molecule has 17 aromatic rings. The lowest BCUT2D eigenvalue weighted by Gasteiger charge is -2.11. The molecule has 0 atom stereocenters. The summed E-state index contributed by atoms with van der Waals surface area (Å²) in [4.78, 5) is 44.1. The number of aromatic amines is 1. The van der Waals surface area contributed by atoms with Crippen LogP contribution < -0.4 is 9.47 Å². The number of thioether (sulfide) groups is 3. The Balaban J connectivity index is 0.000000150. The highest BCUT2D eigenvalue weighted by molar-refractivity contribution is 9.08. The summed E-state index contributed by atoms with van der Waals surface area (Å²) in [6, 6.07) is 89.8. The van der Waals surface area contributed by atoms with Gasteiger partial charge in [0.25, 0.3) is 0 Å². The van der Waals surface area contributed by atoms with Gasteiger partial charge in [0.05, 0.1) is 33.9 Å². The molecule has 4 N–H and O–H groups in total. The van der Waals surface area contributed by atoms with Crippen molar-refractivity contribution >= 4 is 198 Å². The van der Waals surface area contributed by atoms with Crippen LogP contribution in [0.25, 0.3) is 64.6 Å². The Morgan fingerprint density at radius 2 is 0.754 bits per heavy atom. The summed E-state index contributed by atoms with van der Waals surface area (Å²) in [7, 11) is 3.24. The van der Waals surface area contributed by atoms with Gasteiger partial charge in [0.2, 0.25) is 17.1 Å². The number of carbonyl (C=O) groups excluding carboxylic acids is 1. The predicted molar refractivity (Wildman–Crippen MR) is 504 cm³/mol. The van der Waals surface area contributed by atoms with Gasteiger partial charge in [-0.1, -0.05) is 338 Å². The molecule has 31 heteroatoms. The molecule has 0 saturated carbocycles. The molecule has 0 bridgehead atoms. The molecule has 0 spiro atoms. The second-order valence-corrected chi connectivity index (χ2v) is 32.8. The Labute approximate surface area is 768 Å². The number of halogens is 9. The lowest BCUT2D eigenvalue weighted by molar-refractivity contribution is -0.192. The average molecular weight is 1920 g/mol. The van der Waals surface area contributed by atoms with E-state index in [9.17, 15) is 32.7 Å². The maximum absolute atomic E-state index is 12.5. The zero-order valence-electron chi connectivity index (χ0n) is 67.8. The van der Waals surface area contributed by atoms with Gasteiger partial charge in [0.1, 0.15) is 21.6 Å². The number of fused-ring (bicyclic) bond motifs is 6. The molecule has 14 aromatic carbocycles. The van der Waals surface area contributed by atoms with E-state index in [-0.39, 0.29) is 23.7 Å². The van der Waals surface area contributed by atoms with E-state index in [2.05, 4.69) is 133 Å². The second-order valence-electron chi connectivity index (χ2n) is 27.3. The Kier molecular flexibility index (Phi) is 34.7. The molecule has 0 aliphatic heterocycles. The number of hydrogen-bond acceptors (Lipinski definition) is 16. The quantitative estimate of drug-likeness (QED) is 0.0314. The van der Waals surface area contributed by atoms with Crippen LogP contribution in [0.15, 0.2) is 288 Å². The van der Waals surface area contributed by atoms with Gasteiger partial charge in [-0.25, -0.2) is 28.5 Å². The maximum Gasteiger partial charge on any atom is 0.490 e. The number of nitrogens with zero attached hydrogens (tertiary/aromatic N) is 8. The van der Waals surface area contributed by atoms with Crippen LogP contribution in [0.4, 0.5) is 13.2 Å². The lowest BCUT2D eigenvalue weighted by atomic mass is 10.1. The average Bonchev–Trinajstić information content (AvgIpc) is 1.33. The SMILES string of the molecule is CCOC(=O)c1nnn(Cc2ccc(OC)cc2)c1SCc1ccc(Cl)c2ccccc12.COc1ccc(Cn2nnc(C(=O)O)c2SCc2ccc(Cl)c3ccccc23)cc1.Cc1ccc(Cl)c2ccccc12.Cc1cccc2ccccc12.Clc1ccc(CBr)c2ccccc12.O=C(O)C(F)(F)F.O=C(O)c1n[nH]nc1SCc1ccc(Cl)c2ccccc12. The number of methoxy groups -OCH3 is 2. The topological polar surface area (TPSA) is 260 Å². The van der Waals surface area contributed by atoms with E-state index in [1.165, 1.54) is 73.5 Å². The first-order chi connectivity index (χ1) is 60.8. The van der Waals surface area contributed by atoms with E-state index >= 15 is 0 Å². The number of benzene rings is 14. The third kappa shape index (κ3) is 25.1. The van der Waals surface area contributed by atoms with Gasteiger partial charge in [-0.3, -0.25) is 0 Å². The number of hydrogen-bond donors (Lipinski definition) is 4. The third-order valence-electron chi connectivity index (χ3n) is 19.2. The molecule has 0 aliphatic carbocycles. The fraction of sp³-hybridized carbons (Fsp3) is 0.137. The van der Waals surface area contributed by atoms with Gasteiger partial charge in [0.15, 0.2) is 5.03 Å². The Bertz CT molecular complexity index is 6630. The van der Waals surface area contributed by atoms with Crippen LogP contribution in [0.3, 0.4) is 0 Å². The molecule has 3 heterocycles. The molecule has 17 rings (SSSR count). The molecule has 3 aromatic heterocycles. The number of nitrogens with one attached hydrogen (secondary N) is 1. The Hall–Kier alpha value is -11.7. The van der Waals surface area contributed by atoms with Gasteiger partial charge >= 0.3 is 30.1 Å². The summed E-state index contributed by atoms with van der Waals surface area (Å²) in [5.74, 6) is -2.11. The normalized spacial score (nSPS) is 10.8. The highest BCUT2D eigenvalue weighted by Gasteiger charge is 2.38. The molecule has 0 amide bonds. The van der Waals surface area contributed by atoms with Crippen LogP contribution in [-0.2, 0) is 45.2 Å². The van der Waals surface area contributed by atoms with Crippen molar-refractivity contribution < 1.29 is 61.9 Å². The smallest absolute Gasteiger partial charge is 0.490 e. The van der Waals surface area contributed by atoms with Crippen molar-refractivity contribution in [2.24, 2.45) is 0 Å². The van der Waals surface area contributed by atoms with Crippen LogP contribution in [0.5, 0.6) is 11.5 Å². The second kappa shape index (κ2) is 46.0. The molecule has 0 aliphatic rings. The Morgan fingerprint density at radius 3 is 1.14 bits per heavy atom. The van der Waals surface area contributed by atoms with E-state index in [1.807, 2.05) is 206 Å². The molecule has 19 nitrogen and oxygen atoms in total. The van der Waals surface area contributed by atoms with Crippen molar-refractivity contribution in [1.82, 2.24) is 45.4 Å². The minimum atomic E-state index is -5.08. The fourth-order valence-electron chi connectivity index (χ4n) is 12.9. The number of alkyl halides is 4. The third-order valence-corrected chi connectivity index (χ3v) is 24.7. The first-order valence-corrected chi connectivity index (χ1v) is 44.4. The van der Waals surface area contributed by atoms with Gasteiger partial charge < -0.3 is 29.5 Å². The predicted octanol–water partition coefficient (Wildman–Crippen LogP) is 26.3. The number of ether oxygens (including phenoxy) is 3. The van der Waals surface area contributed by atoms with Crippen LogP contribution >= 0.6 is 109 Å². The largest absolute Gasteiger partial charge is 0.497 e. The first-order valence-electron chi connectivity index (χ1n) is 38.4. The molecule has 0 radical (unpaired) electrons. The van der Waals surface area contributed by atoms with Crippen molar-refractivity contribution in [2.75, 3.05) is 20.8 Å². The van der Waals surface area contributed by atoms with Crippen molar-refractivity contribution in [3.05, 3.63) is 360 Å². The number of rotatable bonds is 20. The van der Waals surface area contributed by atoms with E-state index in [4.69, 9.17) is 87.2 Å². The molecule has 0 saturated heterocycles. The van der Waals surface area contributed by atoms with Crippen molar-refractivity contribution in [3.8, 4) is 11.5 Å². The van der Waals surface area contributed by atoms with Crippen LogP contribution in [0.2, 0.25) is 25.1 Å². The summed E-state index contributed by atoms with van der Waals surface area (Å²) in [6.07, 6.45) is -5.08. The summed E-state index contributed by atoms with van der Waals surface area (Å²) < 4.78 is 50.7. The zero-order valence-corrected chi connectivity index (χ0v) is 75.6. The minimum absolute atomic E-state index is 0.0493. The first kappa shape index (κ1) is 95.0. The van der Waals surface area contributed by atoms with Crippen molar-refractivity contribution in [1.29, 1.82) is 0 Å². The fourth-order valence-corrected chi connectivity index (χ4v) is 17.5. The lowest BCUT2D eigenvalue weighted by Crippen LogP contribution is -2.21. The number of carboxylic acids is 3. The van der Waals surface area contributed by atoms with E-state index in [0.717, 1.165) is 97.8 Å². The van der Waals surface area contributed by atoms with Crippen molar-refractivity contribution in [2.45, 2.75) is 77.7 Å². The van der Waals surface area contributed by atoms with Gasteiger partial charge in [0, 0.05) is 74.6 Å². The van der Waals surface area contributed by atoms with Crippen molar-refractivity contribution in [3.63, 3.8) is 0 Å². The number of aromatic carboxylic acids is 2. The number of esters is 1. The molecule has 0 fully saturated rings.